The maximum Gasteiger partial charge on any atom is 0.323 e. The molecule has 164 valence electrons. The zero-order valence-electron chi connectivity index (χ0n) is 17.3. The third kappa shape index (κ3) is 4.94. The van der Waals surface area contributed by atoms with E-state index in [9.17, 15) is 14.3 Å². The first-order valence-corrected chi connectivity index (χ1v) is 10.7. The maximum atomic E-state index is 13.4. The molecule has 0 aliphatic heterocycles. The van der Waals surface area contributed by atoms with Gasteiger partial charge in [-0.1, -0.05) is 29.8 Å². The molecule has 2 aromatic heterocycles. The minimum absolute atomic E-state index is 0.00449. The normalized spacial score (nSPS) is 17.8. The van der Waals surface area contributed by atoms with Crippen molar-refractivity contribution in [1.29, 1.82) is 0 Å². The number of rotatable bonds is 7. The van der Waals surface area contributed by atoms with Gasteiger partial charge in [0.1, 0.15) is 17.7 Å². The fourth-order valence-electron chi connectivity index (χ4n) is 3.96. The first kappa shape index (κ1) is 21.9. The van der Waals surface area contributed by atoms with Crippen molar-refractivity contribution in [2.24, 2.45) is 5.92 Å². The highest BCUT2D eigenvalue weighted by Gasteiger charge is 2.34. The molecular formula is C24H23ClFN4O2+. The Kier molecular flexibility index (Phi) is 6.46. The van der Waals surface area contributed by atoms with Gasteiger partial charge < -0.3 is 10.4 Å². The summed E-state index contributed by atoms with van der Waals surface area (Å²) in [5.74, 6) is -0.152. The van der Waals surface area contributed by atoms with Crippen LogP contribution in [-0.2, 0) is 11.3 Å². The van der Waals surface area contributed by atoms with Crippen molar-refractivity contribution >= 4 is 35.9 Å². The summed E-state index contributed by atoms with van der Waals surface area (Å²) in [4.78, 5) is 20.3. The molecule has 1 aromatic carbocycles. The summed E-state index contributed by atoms with van der Waals surface area (Å²) >= 11 is 6.42. The Morgan fingerprint density at radius 3 is 2.81 bits per heavy atom. The molecule has 4 rings (SSSR count). The van der Waals surface area contributed by atoms with Crippen LogP contribution >= 0.6 is 11.6 Å². The van der Waals surface area contributed by atoms with E-state index in [1.165, 1.54) is 12.1 Å². The van der Waals surface area contributed by atoms with Crippen LogP contribution in [0, 0.1) is 11.7 Å². The number of hydrogen-bond acceptors (Lipinski definition) is 4. The van der Waals surface area contributed by atoms with Gasteiger partial charge in [0.05, 0.1) is 23.4 Å². The van der Waals surface area contributed by atoms with Crippen LogP contribution in [0.4, 0.5) is 16.0 Å². The molecule has 0 saturated heterocycles. The van der Waals surface area contributed by atoms with E-state index < -0.39 is 5.97 Å². The minimum Gasteiger partial charge on any atom is -0.481 e. The fourth-order valence-corrected chi connectivity index (χ4v) is 4.16. The Morgan fingerprint density at radius 1 is 1.25 bits per heavy atom. The van der Waals surface area contributed by atoms with Crippen molar-refractivity contribution in [1.82, 2.24) is 9.97 Å². The van der Waals surface area contributed by atoms with Crippen molar-refractivity contribution in [3.05, 3.63) is 71.1 Å². The lowest BCUT2D eigenvalue weighted by Crippen LogP contribution is -2.20. The van der Waals surface area contributed by atoms with Crippen LogP contribution in [0.25, 0.3) is 11.3 Å². The Morgan fingerprint density at radius 2 is 2.06 bits per heavy atom. The predicted octanol–water partition coefficient (Wildman–Crippen LogP) is 5.15. The number of carboxylic acids is 1. The largest absolute Gasteiger partial charge is 0.481 e. The lowest BCUT2D eigenvalue weighted by Gasteiger charge is -2.12. The molecule has 8 heteroatoms. The quantitative estimate of drug-likeness (QED) is 0.382. The van der Waals surface area contributed by atoms with E-state index in [-0.39, 0.29) is 17.8 Å². The van der Waals surface area contributed by atoms with Crippen LogP contribution in [0.1, 0.15) is 24.8 Å². The highest BCUT2D eigenvalue weighted by molar-refractivity contribution is 6.33. The number of carbonyl (C=O) groups is 1. The summed E-state index contributed by atoms with van der Waals surface area (Å²) in [5.41, 5.74) is 2.17. The van der Waals surface area contributed by atoms with Crippen LogP contribution < -0.4 is 5.32 Å². The van der Waals surface area contributed by atoms with Gasteiger partial charge in [0.2, 0.25) is 0 Å². The van der Waals surface area contributed by atoms with Gasteiger partial charge in [0.25, 0.3) is 0 Å². The molecule has 0 bridgehead atoms. The molecule has 0 radical (unpaired) electrons. The van der Waals surface area contributed by atoms with E-state index in [0.29, 0.717) is 47.3 Å². The van der Waals surface area contributed by atoms with Crippen LogP contribution in [0.5, 0.6) is 0 Å². The third-order valence-corrected chi connectivity index (χ3v) is 6.02. The Balaban J connectivity index is 1.53. The highest BCUT2D eigenvalue weighted by atomic mass is 35.5. The summed E-state index contributed by atoms with van der Waals surface area (Å²) in [6.45, 7) is 4.54. The molecule has 1 aliphatic rings. The molecule has 32 heavy (non-hydrogen) atoms. The van der Waals surface area contributed by atoms with Gasteiger partial charge in [-0.25, -0.2) is 13.9 Å². The molecule has 1 saturated carbocycles. The highest BCUT2D eigenvalue weighted by Crippen LogP contribution is 2.33. The molecule has 6 nitrogen and oxygen atoms in total. The molecule has 1 fully saturated rings. The van der Waals surface area contributed by atoms with Crippen LogP contribution in [0.15, 0.2) is 54.7 Å². The average Bonchev–Trinajstić information content (AvgIpc) is 3.29. The molecular weight excluding hydrogens is 431 g/mol. The van der Waals surface area contributed by atoms with Crippen LogP contribution in [0.2, 0.25) is 5.02 Å². The Bertz CT molecular complexity index is 1170. The monoisotopic (exact) mass is 453 g/mol. The fraction of sp³-hybridized carbons (Fsp3) is 0.250. The van der Waals surface area contributed by atoms with E-state index in [2.05, 4.69) is 22.0 Å². The molecule has 3 aromatic rings. The summed E-state index contributed by atoms with van der Waals surface area (Å²) in [6.07, 6.45) is 3.48. The van der Waals surface area contributed by atoms with Crippen LogP contribution in [0.3, 0.4) is 0 Å². The van der Waals surface area contributed by atoms with Crippen molar-refractivity contribution in [2.75, 3.05) is 5.32 Å². The topological polar surface area (TPSA) is 78.1 Å². The van der Waals surface area contributed by atoms with E-state index in [0.717, 1.165) is 12.0 Å². The Labute approximate surface area is 190 Å². The lowest BCUT2D eigenvalue weighted by molar-refractivity contribution is -0.478. The zero-order valence-corrected chi connectivity index (χ0v) is 18.1. The number of anilines is 1. The smallest absolute Gasteiger partial charge is 0.323 e. The van der Waals surface area contributed by atoms with Crippen molar-refractivity contribution in [2.45, 2.75) is 31.8 Å². The second kappa shape index (κ2) is 9.44. The second-order valence-electron chi connectivity index (χ2n) is 7.89. The van der Waals surface area contributed by atoms with Gasteiger partial charge in [-0.05, 0) is 47.7 Å². The number of nitrogens with one attached hydrogen (secondary N) is 1. The molecule has 2 heterocycles. The molecule has 2 N–H and O–H groups in total. The average molecular weight is 454 g/mol. The van der Waals surface area contributed by atoms with Gasteiger partial charge in [-0.15, -0.1) is 0 Å². The van der Waals surface area contributed by atoms with Gasteiger partial charge in [0, 0.05) is 24.6 Å². The lowest BCUT2D eigenvalue weighted by atomic mass is 10.1. The van der Waals surface area contributed by atoms with Gasteiger partial charge in [-0.3, -0.25) is 4.79 Å². The summed E-state index contributed by atoms with van der Waals surface area (Å²) in [5, 5.41) is 12.9. The number of benzene rings is 1. The summed E-state index contributed by atoms with van der Waals surface area (Å²) in [6, 6.07) is 13.8. The molecule has 1 aliphatic carbocycles. The van der Waals surface area contributed by atoms with Crippen LogP contribution in [-0.4, -0.2) is 38.4 Å². The maximum absolute atomic E-state index is 13.4. The SMILES string of the molecule is C=[N+](c1cc(-c2cccc(NCc3cccc(F)c3)n2)c(Cl)cn1)C1CCC(C(=O)O)C1. The summed E-state index contributed by atoms with van der Waals surface area (Å²) in [7, 11) is 0. The first-order valence-electron chi connectivity index (χ1n) is 10.3. The third-order valence-electron chi connectivity index (χ3n) is 5.72. The molecule has 0 amide bonds. The van der Waals surface area contributed by atoms with Crippen molar-refractivity contribution in [3.63, 3.8) is 0 Å². The number of aliphatic carboxylic acids is 1. The number of nitrogens with zero attached hydrogens (tertiary/aromatic N) is 3. The second-order valence-corrected chi connectivity index (χ2v) is 8.29. The number of carboxylic acid groups (broad SMARTS) is 1. The van der Waals surface area contributed by atoms with E-state index in [1.54, 1.807) is 16.8 Å². The molecule has 0 spiro atoms. The summed E-state index contributed by atoms with van der Waals surface area (Å²) < 4.78 is 15.2. The standard InChI is InChI=1S/C24H22ClFN4O2/c1-30(18-9-8-16(11-18)24(31)32)23-12-19(20(25)14-28-23)21-6-3-7-22(29-21)27-13-15-4-2-5-17(26)10-15/h2-7,10,12,14,16,18H,1,8-9,11,13H2,(H-,27,29,31,32)/p+1. The number of hydrogen-bond donors (Lipinski definition) is 2. The van der Waals surface area contributed by atoms with Crippen molar-refractivity contribution < 1.29 is 18.9 Å². The zero-order chi connectivity index (χ0) is 22.7. The van der Waals surface area contributed by atoms with Gasteiger partial charge in [-0.2, -0.15) is 0 Å². The number of pyridine rings is 2. The van der Waals surface area contributed by atoms with Gasteiger partial charge in [0.15, 0.2) is 6.20 Å². The van der Waals surface area contributed by atoms with E-state index >= 15 is 0 Å². The van der Waals surface area contributed by atoms with E-state index in [1.807, 2.05) is 30.3 Å². The van der Waals surface area contributed by atoms with Crippen molar-refractivity contribution in [3.8, 4) is 11.3 Å². The number of aromatic nitrogens is 2. The first-order chi connectivity index (χ1) is 15.4. The predicted molar refractivity (Wildman–Crippen MR) is 122 cm³/mol. The van der Waals surface area contributed by atoms with E-state index in [4.69, 9.17) is 11.6 Å². The Hall–Kier alpha value is -3.32. The minimum atomic E-state index is -0.766. The molecule has 2 unspecified atom stereocenters. The number of halogens is 2. The van der Waals surface area contributed by atoms with Gasteiger partial charge >= 0.3 is 11.8 Å². The molecule has 2 atom stereocenters.